The summed E-state index contributed by atoms with van der Waals surface area (Å²) >= 11 is 0. The van der Waals surface area contributed by atoms with Crippen LogP contribution in [0.25, 0.3) is 0 Å². The number of hydrogen-bond acceptors (Lipinski definition) is 5. The van der Waals surface area contributed by atoms with Crippen molar-refractivity contribution in [2.24, 2.45) is 5.92 Å². The van der Waals surface area contributed by atoms with E-state index < -0.39 is 24.1 Å². The first kappa shape index (κ1) is 26.2. The average molecular weight is 334 g/mol. The molecule has 0 bridgehead atoms. The van der Waals surface area contributed by atoms with Gasteiger partial charge in [-0.05, 0) is 19.8 Å². The van der Waals surface area contributed by atoms with E-state index in [1.807, 2.05) is 13.8 Å². The van der Waals surface area contributed by atoms with E-state index >= 15 is 0 Å². The van der Waals surface area contributed by atoms with Gasteiger partial charge in [0.25, 0.3) is 0 Å². The predicted molar refractivity (Wildman–Crippen MR) is 88.1 cm³/mol. The maximum absolute atomic E-state index is 9.60. The number of hydrogen-bond donors (Lipinski definition) is 5. The van der Waals surface area contributed by atoms with Gasteiger partial charge >= 0.3 is 11.9 Å². The predicted octanol–water partition coefficient (Wildman–Crippen LogP) is 1.43. The van der Waals surface area contributed by atoms with Gasteiger partial charge in [-0.15, -0.1) is 0 Å². The molecule has 0 fully saturated rings. The maximum Gasteiger partial charge on any atom is 0.330 e. The molecule has 5 N–H and O–H groups in total. The number of aliphatic hydroxyl groups excluding tert-OH is 3. The smallest absolute Gasteiger partial charge is 0.330 e. The van der Waals surface area contributed by atoms with Gasteiger partial charge in [-0.2, -0.15) is 0 Å². The molecular weight excluding hydrogens is 304 g/mol. The van der Waals surface area contributed by atoms with E-state index in [9.17, 15) is 14.7 Å². The first-order valence-electron chi connectivity index (χ1n) is 7.15. The Morgan fingerprint density at radius 3 is 1.48 bits per heavy atom. The molecule has 7 heteroatoms. The van der Waals surface area contributed by atoms with Crippen molar-refractivity contribution in [3.05, 3.63) is 24.3 Å². The lowest BCUT2D eigenvalue weighted by molar-refractivity contribution is -0.133. The number of rotatable bonds is 7. The van der Waals surface area contributed by atoms with E-state index in [1.165, 1.54) is 13.8 Å². The van der Waals surface area contributed by atoms with Crippen molar-refractivity contribution in [1.82, 2.24) is 0 Å². The average Bonchev–Trinajstić information content (AvgIpc) is 2.46. The number of aliphatic carboxylic acids is 2. The number of carboxylic acid groups (broad SMARTS) is 2. The molecule has 0 rings (SSSR count). The molecule has 0 aromatic carbocycles. The Hall–Kier alpha value is -1.70. The molecule has 0 aliphatic rings. The van der Waals surface area contributed by atoms with E-state index in [0.29, 0.717) is 0 Å². The summed E-state index contributed by atoms with van der Waals surface area (Å²) in [5, 5.41) is 42.6. The van der Waals surface area contributed by atoms with Gasteiger partial charge in [0, 0.05) is 17.6 Å². The van der Waals surface area contributed by atoms with Crippen molar-refractivity contribution in [3.8, 4) is 0 Å². The summed E-state index contributed by atoms with van der Waals surface area (Å²) in [6.45, 7) is 12.8. The largest absolute Gasteiger partial charge is 0.478 e. The molecule has 23 heavy (non-hydrogen) atoms. The lowest BCUT2D eigenvalue weighted by Gasteiger charge is -2.18. The van der Waals surface area contributed by atoms with Crippen LogP contribution in [-0.2, 0) is 9.59 Å². The van der Waals surface area contributed by atoms with Gasteiger partial charge in [0.15, 0.2) is 0 Å². The molecule has 0 heterocycles. The molecule has 0 aromatic rings. The van der Waals surface area contributed by atoms with Crippen LogP contribution in [0, 0.1) is 5.92 Å². The third-order valence-corrected chi connectivity index (χ3v) is 2.76. The molecule has 136 valence electrons. The lowest BCUT2D eigenvalue weighted by Crippen LogP contribution is -2.25. The zero-order valence-electron chi connectivity index (χ0n) is 14.3. The number of carboxylic acids is 2. The summed E-state index contributed by atoms with van der Waals surface area (Å²) in [5.41, 5.74) is 0.352. The van der Waals surface area contributed by atoms with E-state index in [1.54, 1.807) is 0 Å². The third-order valence-electron chi connectivity index (χ3n) is 2.76. The molecule has 0 spiro atoms. The first-order chi connectivity index (χ1) is 10.4. The Morgan fingerprint density at radius 2 is 1.30 bits per heavy atom. The van der Waals surface area contributed by atoms with Crippen LogP contribution >= 0.6 is 0 Å². The van der Waals surface area contributed by atoms with Crippen LogP contribution in [-0.4, -0.2) is 56.3 Å². The Bertz CT molecular complexity index is 329. The van der Waals surface area contributed by atoms with Crippen LogP contribution in [0.1, 0.15) is 40.5 Å². The molecule has 3 unspecified atom stereocenters. The van der Waals surface area contributed by atoms with Gasteiger partial charge in [-0.25, -0.2) is 9.59 Å². The molecule has 0 aliphatic heterocycles. The second-order valence-electron chi connectivity index (χ2n) is 5.20. The summed E-state index contributed by atoms with van der Waals surface area (Å²) in [7, 11) is 0. The minimum atomic E-state index is -0.935. The zero-order valence-corrected chi connectivity index (χ0v) is 14.3. The molecule has 3 atom stereocenters. The number of aliphatic hydroxyl groups is 3. The molecule has 0 saturated carbocycles. The Labute approximate surface area is 137 Å². The zero-order chi connectivity index (χ0) is 19.2. The van der Waals surface area contributed by atoms with Crippen LogP contribution in [0.5, 0.6) is 0 Å². The fourth-order valence-electron chi connectivity index (χ4n) is 0.858. The maximum atomic E-state index is 9.60. The summed E-state index contributed by atoms with van der Waals surface area (Å²) in [4.78, 5) is 19.2. The van der Waals surface area contributed by atoms with Gasteiger partial charge in [0.1, 0.15) is 0 Å². The molecule has 0 saturated heterocycles. The first-order valence-corrected chi connectivity index (χ1v) is 7.15. The summed E-state index contributed by atoms with van der Waals surface area (Å²) in [6, 6.07) is 0. The van der Waals surface area contributed by atoms with Crippen molar-refractivity contribution in [1.29, 1.82) is 0 Å². The fourth-order valence-corrected chi connectivity index (χ4v) is 0.858. The lowest BCUT2D eigenvalue weighted by atomic mass is 9.97. The van der Waals surface area contributed by atoms with Crippen LogP contribution < -0.4 is 0 Å². The molecule has 0 aromatic heterocycles. The van der Waals surface area contributed by atoms with E-state index in [4.69, 9.17) is 20.4 Å². The van der Waals surface area contributed by atoms with Gasteiger partial charge in [0.2, 0.25) is 0 Å². The normalized spacial score (nSPS) is 13.2. The highest BCUT2D eigenvalue weighted by Crippen LogP contribution is 2.12. The molecule has 0 radical (unpaired) electrons. The van der Waals surface area contributed by atoms with E-state index in [2.05, 4.69) is 13.2 Å². The van der Waals surface area contributed by atoms with Gasteiger partial charge in [-0.1, -0.05) is 33.4 Å². The SMILES string of the molecule is C=C(C)C(=O)O.C=C(C)C(=O)O.CCC(C)C(O)CC(O)CO. The van der Waals surface area contributed by atoms with Crippen molar-refractivity contribution in [2.75, 3.05) is 6.61 Å². The summed E-state index contributed by atoms with van der Waals surface area (Å²) in [6.07, 6.45) is -0.119. The molecular formula is C16H30O7. The Kier molecular flexibility index (Phi) is 17.3. The van der Waals surface area contributed by atoms with Crippen LogP contribution in [0.3, 0.4) is 0 Å². The number of carbonyl (C=O) groups is 2. The summed E-state index contributed by atoms with van der Waals surface area (Å²) < 4.78 is 0. The van der Waals surface area contributed by atoms with Crippen LogP contribution in [0.15, 0.2) is 24.3 Å². The van der Waals surface area contributed by atoms with E-state index in [0.717, 1.165) is 6.42 Å². The van der Waals surface area contributed by atoms with Crippen molar-refractivity contribution in [2.45, 2.75) is 52.7 Å². The third kappa shape index (κ3) is 20.3. The highest BCUT2D eigenvalue weighted by Gasteiger charge is 2.15. The standard InChI is InChI=1S/C8H18O3.2C4H6O2/c1-3-6(2)8(11)4-7(10)5-9;2*1-3(2)4(5)6/h6-11H,3-5H2,1-2H3;2*1H2,2H3,(H,5,6). The van der Waals surface area contributed by atoms with Gasteiger partial charge in [0.05, 0.1) is 18.8 Å². The minimum absolute atomic E-state index is 0.176. The van der Waals surface area contributed by atoms with Gasteiger partial charge < -0.3 is 25.5 Å². The van der Waals surface area contributed by atoms with Crippen molar-refractivity contribution < 1.29 is 35.1 Å². The highest BCUT2D eigenvalue weighted by atomic mass is 16.4. The van der Waals surface area contributed by atoms with Crippen LogP contribution in [0.2, 0.25) is 0 Å². The molecule has 7 nitrogen and oxygen atoms in total. The molecule has 0 amide bonds. The highest BCUT2D eigenvalue weighted by molar-refractivity contribution is 5.85. The van der Waals surface area contributed by atoms with E-state index in [-0.39, 0.29) is 30.1 Å². The monoisotopic (exact) mass is 334 g/mol. The van der Waals surface area contributed by atoms with Crippen molar-refractivity contribution >= 4 is 11.9 Å². The van der Waals surface area contributed by atoms with Crippen molar-refractivity contribution in [3.63, 3.8) is 0 Å². The molecule has 0 aliphatic carbocycles. The second kappa shape index (κ2) is 15.2. The quantitative estimate of drug-likeness (QED) is 0.444. The van der Waals surface area contributed by atoms with Crippen LogP contribution in [0.4, 0.5) is 0 Å². The Morgan fingerprint density at radius 1 is 1.00 bits per heavy atom. The fraction of sp³-hybridized carbons (Fsp3) is 0.625. The topological polar surface area (TPSA) is 135 Å². The minimum Gasteiger partial charge on any atom is -0.478 e. The second-order valence-corrected chi connectivity index (χ2v) is 5.20. The van der Waals surface area contributed by atoms with Gasteiger partial charge in [-0.3, -0.25) is 0 Å². The Balaban J connectivity index is -0.000000284. The summed E-state index contributed by atoms with van der Waals surface area (Å²) in [5.74, 6) is -1.68.